The molecule has 0 bridgehead atoms. The van der Waals surface area contributed by atoms with Gasteiger partial charge in [-0.25, -0.2) is 0 Å². The van der Waals surface area contributed by atoms with E-state index in [1.807, 2.05) is 0 Å². The Morgan fingerprint density at radius 1 is 0.692 bits per heavy atom. The quantitative estimate of drug-likeness (QED) is 0.0535. The van der Waals surface area contributed by atoms with Crippen molar-refractivity contribution in [2.24, 2.45) is 46.8 Å². The van der Waals surface area contributed by atoms with Crippen molar-refractivity contribution >= 4 is 0 Å². The number of unbranched alkanes of at least 4 members (excludes halogenated alkanes) is 14. The lowest BCUT2D eigenvalue weighted by atomic mass is 8.96. The number of ether oxygens (including phenoxy) is 2. The number of aliphatic hydroxyl groups is 6. The summed E-state index contributed by atoms with van der Waals surface area (Å²) in [4.78, 5) is 0. The molecule has 6 saturated carbocycles. The van der Waals surface area contributed by atoms with E-state index < -0.39 is 74.4 Å². The standard InChI is InChI=1S/C40H68F3NO8/c1-2-3-4-5-9-12-15-18-24(46)34(47)23(22-51-38-37(50)36(49)35(48)25(21-45)52-38)44-26(40(41,42)43)19-16-13-10-7-6-8-11-14-17-20-39-31-28-27-29(31)33(39)30(27)32(28)39/h23-38,44-50H,2-22H2,1H3/t23-,24+,25?,26-,27?,28?,29?,30?,31?,32?,33?,34-,35?,36?,37?,38?,39?/m0/s1. The van der Waals surface area contributed by atoms with E-state index in [0.717, 1.165) is 98.7 Å². The van der Waals surface area contributed by atoms with Gasteiger partial charge in [0.2, 0.25) is 0 Å². The summed E-state index contributed by atoms with van der Waals surface area (Å²) in [6.07, 6.45) is 2.00. The third kappa shape index (κ3) is 7.73. The zero-order valence-electron chi connectivity index (χ0n) is 31.2. The summed E-state index contributed by atoms with van der Waals surface area (Å²) in [5, 5.41) is 64.5. The second-order valence-corrected chi connectivity index (χ2v) is 17.6. The molecule has 0 aromatic carbocycles. The molecule has 1 saturated heterocycles. The minimum Gasteiger partial charge on any atom is -0.394 e. The van der Waals surface area contributed by atoms with Crippen LogP contribution in [-0.2, 0) is 9.47 Å². The summed E-state index contributed by atoms with van der Waals surface area (Å²) in [7, 11) is 0. The van der Waals surface area contributed by atoms with Crippen molar-refractivity contribution in [1.82, 2.24) is 5.32 Å². The predicted octanol–water partition coefficient (Wildman–Crippen LogP) is 5.21. The van der Waals surface area contributed by atoms with Gasteiger partial charge in [0.1, 0.15) is 30.5 Å². The zero-order chi connectivity index (χ0) is 37.2. The molecule has 1 heterocycles. The Hall–Kier alpha value is -0.570. The van der Waals surface area contributed by atoms with Gasteiger partial charge >= 0.3 is 6.18 Å². The van der Waals surface area contributed by atoms with Crippen LogP contribution in [0, 0.1) is 46.8 Å². The summed E-state index contributed by atoms with van der Waals surface area (Å²) < 4.78 is 53.9. The normalized spacial score (nSPS) is 40.0. The lowest BCUT2D eigenvalue weighted by Crippen LogP contribution is -3.05. The van der Waals surface area contributed by atoms with E-state index in [4.69, 9.17) is 9.47 Å². The Kier molecular flexibility index (Phi) is 14.0. The van der Waals surface area contributed by atoms with Gasteiger partial charge in [0, 0.05) is 0 Å². The molecule has 52 heavy (non-hydrogen) atoms. The van der Waals surface area contributed by atoms with Gasteiger partial charge in [-0.1, -0.05) is 110 Å². The molecule has 5 unspecified atom stereocenters. The number of hydrogen-bond donors (Lipinski definition) is 7. The highest BCUT2D eigenvalue weighted by Gasteiger charge is 3.03. The molecule has 0 amide bonds. The van der Waals surface area contributed by atoms with Crippen LogP contribution in [0.25, 0.3) is 0 Å². The molecule has 6 aliphatic carbocycles. The van der Waals surface area contributed by atoms with Gasteiger partial charge in [0.05, 0.1) is 31.5 Å². The van der Waals surface area contributed by atoms with Crippen molar-refractivity contribution in [3.05, 3.63) is 0 Å². The molecule has 1 aliphatic heterocycles. The Morgan fingerprint density at radius 3 is 1.75 bits per heavy atom. The molecule has 7 aliphatic rings. The van der Waals surface area contributed by atoms with Crippen molar-refractivity contribution in [2.45, 2.75) is 190 Å². The van der Waals surface area contributed by atoms with Crippen molar-refractivity contribution in [1.29, 1.82) is 0 Å². The van der Waals surface area contributed by atoms with E-state index in [1.165, 1.54) is 38.0 Å². The smallest absolute Gasteiger partial charge is 0.394 e. The number of hydrogen-bond acceptors (Lipinski definition) is 9. The van der Waals surface area contributed by atoms with E-state index in [1.54, 1.807) is 0 Å². The monoisotopic (exact) mass is 747 g/mol. The highest BCUT2D eigenvalue weighted by molar-refractivity contribution is 5.49. The third-order valence-electron chi connectivity index (χ3n) is 14.8. The predicted molar refractivity (Wildman–Crippen MR) is 189 cm³/mol. The van der Waals surface area contributed by atoms with Crippen LogP contribution in [0.2, 0.25) is 0 Å². The number of alkyl halides is 3. The van der Waals surface area contributed by atoms with Crippen LogP contribution in [0.1, 0.15) is 129 Å². The van der Waals surface area contributed by atoms with Crippen LogP contribution in [0.5, 0.6) is 0 Å². The van der Waals surface area contributed by atoms with E-state index in [2.05, 4.69) is 12.2 Å². The minimum absolute atomic E-state index is 0.200. The van der Waals surface area contributed by atoms with Crippen molar-refractivity contribution in [2.75, 3.05) is 13.2 Å². The Labute approximate surface area is 308 Å². The molecule has 0 aromatic rings. The molecular weight excluding hydrogens is 679 g/mol. The maximum Gasteiger partial charge on any atom is 0.403 e. The largest absolute Gasteiger partial charge is 0.403 e. The summed E-state index contributed by atoms with van der Waals surface area (Å²) in [5.41, 5.74) is 0.820. The SMILES string of the molecule is CCCCCCCCC[C@@H](O)[C@@H](O)[C@H](COC1OC(CO)C(O)C(O)C1O)N[C@@H](CCCCCCCCCCCC12C3C4C5C3C1C5C42)C(F)(F)F. The maximum atomic E-state index is 14.3. The minimum atomic E-state index is -4.62. The van der Waals surface area contributed by atoms with Crippen LogP contribution >= 0.6 is 0 Å². The second-order valence-electron chi connectivity index (χ2n) is 17.6. The molecule has 0 aromatic heterocycles. The first-order chi connectivity index (χ1) is 25.0. The first-order valence-electron chi connectivity index (χ1n) is 21.1. The van der Waals surface area contributed by atoms with Gasteiger partial charge in [0.25, 0.3) is 0 Å². The molecule has 0 spiro atoms. The Bertz CT molecular complexity index is 1060. The second kappa shape index (κ2) is 17.7. The maximum absolute atomic E-state index is 14.3. The number of aliphatic hydroxyl groups excluding tert-OH is 6. The van der Waals surface area contributed by atoms with Crippen LogP contribution in [0.4, 0.5) is 13.2 Å². The summed E-state index contributed by atoms with van der Waals surface area (Å²) in [6, 6.07) is -3.34. The average molecular weight is 748 g/mol. The first kappa shape index (κ1) is 41.1. The van der Waals surface area contributed by atoms with Crippen LogP contribution in [0.15, 0.2) is 0 Å². The fourth-order valence-electron chi connectivity index (χ4n) is 12.2. The van der Waals surface area contributed by atoms with Gasteiger partial charge in [-0.15, -0.1) is 0 Å². The zero-order valence-corrected chi connectivity index (χ0v) is 31.2. The first-order valence-corrected chi connectivity index (χ1v) is 21.1. The highest BCUT2D eigenvalue weighted by atomic mass is 19.4. The third-order valence-corrected chi connectivity index (χ3v) is 14.8. The van der Waals surface area contributed by atoms with Crippen LogP contribution in [-0.4, -0.2) is 105 Å². The number of halogens is 3. The van der Waals surface area contributed by atoms with Crippen molar-refractivity contribution in [3.8, 4) is 0 Å². The summed E-state index contributed by atoms with van der Waals surface area (Å²) >= 11 is 0. The van der Waals surface area contributed by atoms with Gasteiger partial charge in [-0.3, -0.25) is 5.32 Å². The van der Waals surface area contributed by atoms with Crippen molar-refractivity contribution < 1.29 is 53.3 Å². The van der Waals surface area contributed by atoms with E-state index >= 15 is 0 Å². The summed E-state index contributed by atoms with van der Waals surface area (Å²) in [5.74, 6) is 8.06. The fourth-order valence-corrected chi connectivity index (χ4v) is 12.2. The van der Waals surface area contributed by atoms with Gasteiger partial charge < -0.3 is 40.1 Å². The molecule has 9 atom stereocenters. The molecular formula is C40H68F3NO8. The van der Waals surface area contributed by atoms with E-state index in [9.17, 15) is 43.8 Å². The lowest BCUT2D eigenvalue weighted by molar-refractivity contribution is -0.616. The van der Waals surface area contributed by atoms with E-state index in [0.29, 0.717) is 19.3 Å². The Morgan fingerprint density at radius 2 is 1.21 bits per heavy atom. The number of nitrogens with one attached hydrogen (secondary N) is 1. The van der Waals surface area contributed by atoms with Crippen LogP contribution in [0.3, 0.4) is 0 Å². The molecule has 0 radical (unpaired) electrons. The van der Waals surface area contributed by atoms with Gasteiger partial charge in [-0.05, 0) is 66.1 Å². The molecule has 9 nitrogen and oxygen atoms in total. The van der Waals surface area contributed by atoms with E-state index in [-0.39, 0.29) is 12.8 Å². The summed E-state index contributed by atoms with van der Waals surface area (Å²) in [6.45, 7) is 0.859. The van der Waals surface area contributed by atoms with Crippen molar-refractivity contribution in [3.63, 3.8) is 0 Å². The fraction of sp³-hybridized carbons (Fsp3) is 1.00. The molecule has 7 fully saturated rings. The molecule has 302 valence electrons. The Balaban J connectivity index is 0.898. The van der Waals surface area contributed by atoms with Gasteiger partial charge in [0.15, 0.2) is 6.29 Å². The molecule has 12 heteroatoms. The number of rotatable bonds is 28. The highest BCUT2D eigenvalue weighted by Crippen LogP contribution is 3.06. The molecule has 7 N–H and O–H groups in total. The average Bonchev–Trinajstić information content (AvgIpc) is 3.13. The van der Waals surface area contributed by atoms with Gasteiger partial charge in [-0.2, -0.15) is 13.2 Å². The molecule has 7 rings (SSSR count). The van der Waals surface area contributed by atoms with Crippen LogP contribution < -0.4 is 5.32 Å². The lowest BCUT2D eigenvalue weighted by Gasteiger charge is -3.08. The topological polar surface area (TPSA) is 152 Å².